The van der Waals surface area contributed by atoms with E-state index < -0.39 is 0 Å². The predicted octanol–water partition coefficient (Wildman–Crippen LogP) is 2.46. The maximum Gasteiger partial charge on any atom is 0.203 e. The summed E-state index contributed by atoms with van der Waals surface area (Å²) in [7, 11) is 0. The average Bonchev–Trinajstić information content (AvgIpc) is 2.55. The lowest BCUT2D eigenvalue weighted by Gasteiger charge is -2.10. The summed E-state index contributed by atoms with van der Waals surface area (Å²) in [6.45, 7) is 2.44. The topological polar surface area (TPSA) is 38.0 Å². The van der Waals surface area contributed by atoms with Gasteiger partial charge in [0.05, 0.1) is 23.7 Å². The maximum atomic E-state index is 9.61. The van der Waals surface area contributed by atoms with Crippen LogP contribution in [0.15, 0.2) is 24.3 Å². The molecule has 15 heavy (non-hydrogen) atoms. The lowest BCUT2D eigenvalue weighted by atomic mass is 10.2. The number of fused-ring (bicyclic) bond motifs is 1. The summed E-state index contributed by atoms with van der Waals surface area (Å²) >= 11 is 6.01. The molecule has 1 unspecified atom stereocenters. The number of hydrogen-bond donors (Lipinski definition) is 1. The minimum atomic E-state index is -0.375. The van der Waals surface area contributed by atoms with Crippen molar-refractivity contribution in [3.05, 3.63) is 29.5 Å². The third kappa shape index (κ3) is 1.98. The smallest absolute Gasteiger partial charge is 0.203 e. The molecule has 3 nitrogen and oxygen atoms in total. The van der Waals surface area contributed by atoms with Crippen LogP contribution in [0.5, 0.6) is 0 Å². The molecular formula is C11H13ClN2O. The number of para-hydroxylation sites is 2. The zero-order valence-electron chi connectivity index (χ0n) is 8.52. The molecule has 0 amide bonds. The van der Waals surface area contributed by atoms with Crippen LogP contribution in [0.3, 0.4) is 0 Å². The molecule has 1 aromatic heterocycles. The van der Waals surface area contributed by atoms with Crippen molar-refractivity contribution >= 4 is 22.6 Å². The molecule has 2 rings (SSSR count). The van der Waals surface area contributed by atoms with Gasteiger partial charge in [-0.2, -0.15) is 0 Å². The number of aromatic nitrogens is 2. The van der Waals surface area contributed by atoms with E-state index in [2.05, 4.69) is 4.98 Å². The van der Waals surface area contributed by atoms with E-state index in [0.29, 0.717) is 18.2 Å². The SMILES string of the molecule is CCC(O)Cn1c(Cl)nc2ccccc21. The number of nitrogens with zero attached hydrogens (tertiary/aromatic N) is 2. The largest absolute Gasteiger partial charge is 0.391 e. The van der Waals surface area contributed by atoms with Gasteiger partial charge in [0.1, 0.15) is 0 Å². The first kappa shape index (κ1) is 10.5. The van der Waals surface area contributed by atoms with Crippen molar-refractivity contribution in [1.29, 1.82) is 0 Å². The lowest BCUT2D eigenvalue weighted by molar-refractivity contribution is 0.151. The van der Waals surface area contributed by atoms with Crippen molar-refractivity contribution in [2.75, 3.05) is 0 Å². The molecule has 1 aromatic carbocycles. The van der Waals surface area contributed by atoms with Crippen LogP contribution in [0.25, 0.3) is 11.0 Å². The zero-order chi connectivity index (χ0) is 10.8. The second-order valence-electron chi connectivity index (χ2n) is 3.54. The first-order chi connectivity index (χ1) is 7.22. The van der Waals surface area contributed by atoms with Gasteiger partial charge in [0.2, 0.25) is 5.28 Å². The van der Waals surface area contributed by atoms with Gasteiger partial charge >= 0.3 is 0 Å². The quantitative estimate of drug-likeness (QED) is 0.870. The van der Waals surface area contributed by atoms with E-state index in [4.69, 9.17) is 11.6 Å². The number of aliphatic hydroxyl groups is 1. The minimum Gasteiger partial charge on any atom is -0.391 e. The molecule has 4 heteroatoms. The normalized spacial score (nSPS) is 13.3. The van der Waals surface area contributed by atoms with Gasteiger partial charge in [-0.3, -0.25) is 0 Å². The molecule has 0 aliphatic carbocycles. The van der Waals surface area contributed by atoms with E-state index in [9.17, 15) is 5.11 Å². The van der Waals surface area contributed by atoms with E-state index >= 15 is 0 Å². The predicted molar refractivity (Wildman–Crippen MR) is 61.0 cm³/mol. The average molecular weight is 225 g/mol. The van der Waals surface area contributed by atoms with Gasteiger partial charge in [-0.15, -0.1) is 0 Å². The first-order valence-corrected chi connectivity index (χ1v) is 5.39. The van der Waals surface area contributed by atoms with Gasteiger partial charge < -0.3 is 9.67 Å². The second-order valence-corrected chi connectivity index (χ2v) is 3.88. The molecule has 0 spiro atoms. The van der Waals surface area contributed by atoms with Crippen molar-refractivity contribution in [2.45, 2.75) is 26.0 Å². The highest BCUT2D eigenvalue weighted by Crippen LogP contribution is 2.20. The molecule has 0 saturated carbocycles. The molecule has 1 N–H and O–H groups in total. The molecule has 0 fully saturated rings. The van der Waals surface area contributed by atoms with Crippen molar-refractivity contribution in [2.24, 2.45) is 0 Å². The number of rotatable bonds is 3. The molecule has 0 saturated heterocycles. The van der Waals surface area contributed by atoms with Crippen LogP contribution >= 0.6 is 11.6 Å². The lowest BCUT2D eigenvalue weighted by Crippen LogP contribution is -2.14. The van der Waals surface area contributed by atoms with E-state index in [1.807, 2.05) is 35.8 Å². The van der Waals surface area contributed by atoms with Gasteiger partial charge in [0.25, 0.3) is 0 Å². The summed E-state index contributed by atoms with van der Waals surface area (Å²) in [5.41, 5.74) is 1.83. The molecule has 0 aliphatic rings. The van der Waals surface area contributed by atoms with Crippen molar-refractivity contribution in [1.82, 2.24) is 9.55 Å². The summed E-state index contributed by atoms with van der Waals surface area (Å²) < 4.78 is 1.84. The summed E-state index contributed by atoms with van der Waals surface area (Å²) in [6, 6.07) is 7.73. The van der Waals surface area contributed by atoms with Crippen LogP contribution < -0.4 is 0 Å². The summed E-state index contributed by atoms with van der Waals surface area (Å²) in [6.07, 6.45) is 0.336. The van der Waals surface area contributed by atoms with Crippen molar-refractivity contribution in [3.8, 4) is 0 Å². The third-order valence-corrected chi connectivity index (χ3v) is 2.76. The summed E-state index contributed by atoms with van der Waals surface area (Å²) in [4.78, 5) is 4.22. The van der Waals surface area contributed by atoms with Gasteiger partial charge in [-0.1, -0.05) is 19.1 Å². The summed E-state index contributed by atoms with van der Waals surface area (Å²) in [5.74, 6) is 0. The Morgan fingerprint density at radius 2 is 2.20 bits per heavy atom. The van der Waals surface area contributed by atoms with Crippen LogP contribution in [0.4, 0.5) is 0 Å². The molecule has 0 radical (unpaired) electrons. The van der Waals surface area contributed by atoms with E-state index in [-0.39, 0.29) is 6.10 Å². The monoisotopic (exact) mass is 224 g/mol. The first-order valence-electron chi connectivity index (χ1n) is 5.01. The standard InChI is InChI=1S/C11H13ClN2O/c1-2-8(15)7-14-10-6-4-3-5-9(10)13-11(14)12/h3-6,8,15H,2,7H2,1H3. The highest BCUT2D eigenvalue weighted by molar-refractivity contribution is 6.29. The van der Waals surface area contributed by atoms with Crippen molar-refractivity contribution < 1.29 is 5.11 Å². The van der Waals surface area contributed by atoms with E-state index in [1.165, 1.54) is 0 Å². The van der Waals surface area contributed by atoms with Gasteiger partial charge in [0, 0.05) is 0 Å². The molecule has 2 aromatic rings. The Morgan fingerprint density at radius 3 is 2.93 bits per heavy atom. The maximum absolute atomic E-state index is 9.61. The highest BCUT2D eigenvalue weighted by Gasteiger charge is 2.10. The Kier molecular flexibility index (Phi) is 2.93. The number of aliphatic hydroxyl groups excluding tert-OH is 1. The Hall–Kier alpha value is -1.06. The van der Waals surface area contributed by atoms with Crippen LogP contribution in [0.2, 0.25) is 5.28 Å². The second kappa shape index (κ2) is 4.21. The Labute approximate surface area is 93.3 Å². The fraction of sp³-hybridized carbons (Fsp3) is 0.364. The molecular weight excluding hydrogens is 212 g/mol. The van der Waals surface area contributed by atoms with Crippen LogP contribution in [0.1, 0.15) is 13.3 Å². The number of imidazole rings is 1. The van der Waals surface area contributed by atoms with Crippen LogP contribution in [0, 0.1) is 0 Å². The fourth-order valence-electron chi connectivity index (χ4n) is 1.56. The Bertz CT molecular complexity index is 467. The van der Waals surface area contributed by atoms with E-state index in [1.54, 1.807) is 0 Å². The van der Waals surface area contributed by atoms with Crippen LogP contribution in [-0.4, -0.2) is 20.8 Å². The third-order valence-electron chi connectivity index (χ3n) is 2.47. The summed E-state index contributed by atoms with van der Waals surface area (Å²) in [5, 5.41) is 10.0. The highest BCUT2D eigenvalue weighted by atomic mass is 35.5. The molecule has 0 bridgehead atoms. The van der Waals surface area contributed by atoms with E-state index in [0.717, 1.165) is 11.0 Å². The minimum absolute atomic E-state index is 0.375. The Morgan fingerprint density at radius 1 is 1.47 bits per heavy atom. The van der Waals surface area contributed by atoms with Crippen LogP contribution in [-0.2, 0) is 6.54 Å². The molecule has 80 valence electrons. The van der Waals surface area contributed by atoms with Gasteiger partial charge in [-0.05, 0) is 30.2 Å². The number of hydrogen-bond acceptors (Lipinski definition) is 2. The molecule has 1 heterocycles. The zero-order valence-corrected chi connectivity index (χ0v) is 9.28. The molecule has 0 aliphatic heterocycles. The van der Waals surface area contributed by atoms with Gasteiger partial charge in [-0.25, -0.2) is 4.98 Å². The van der Waals surface area contributed by atoms with Crippen molar-refractivity contribution in [3.63, 3.8) is 0 Å². The van der Waals surface area contributed by atoms with Gasteiger partial charge in [0.15, 0.2) is 0 Å². The molecule has 1 atom stereocenters. The fourth-order valence-corrected chi connectivity index (χ4v) is 1.81. The Balaban J connectivity index is 2.45. The number of benzene rings is 1. The number of halogens is 1.